The summed E-state index contributed by atoms with van der Waals surface area (Å²) in [5.41, 5.74) is 0.749. The van der Waals surface area contributed by atoms with Gasteiger partial charge in [0.1, 0.15) is 5.82 Å². The number of benzene rings is 1. The van der Waals surface area contributed by atoms with E-state index in [1.54, 1.807) is 24.1 Å². The summed E-state index contributed by atoms with van der Waals surface area (Å²) in [6.07, 6.45) is 0. The van der Waals surface area contributed by atoms with Gasteiger partial charge in [-0.3, -0.25) is 0 Å². The highest BCUT2D eigenvalue weighted by Gasteiger charge is 2.09. The molecule has 5 nitrogen and oxygen atoms in total. The van der Waals surface area contributed by atoms with Gasteiger partial charge < -0.3 is 10.2 Å². The smallest absolute Gasteiger partial charge is 0.230 e. The topological polar surface area (TPSA) is 53.9 Å². The van der Waals surface area contributed by atoms with E-state index in [0.717, 1.165) is 5.56 Å². The van der Waals surface area contributed by atoms with Gasteiger partial charge in [-0.2, -0.15) is 15.0 Å². The van der Waals surface area contributed by atoms with Crippen LogP contribution in [-0.4, -0.2) is 36.1 Å². The third-order valence-corrected chi connectivity index (χ3v) is 2.35. The minimum Gasteiger partial charge on any atom is -0.357 e. The molecule has 1 N–H and O–H groups in total. The first-order chi connectivity index (χ1) is 8.60. The SMILES string of the molecule is CNc1nc(-c2ccc(F)cc2)nc(N(C)C)n1. The Morgan fingerprint density at radius 3 is 2.28 bits per heavy atom. The minimum atomic E-state index is -0.283. The molecule has 2 aromatic rings. The van der Waals surface area contributed by atoms with E-state index in [1.807, 2.05) is 14.1 Å². The molecule has 0 bridgehead atoms. The van der Waals surface area contributed by atoms with Crippen molar-refractivity contribution in [2.75, 3.05) is 31.4 Å². The number of aromatic nitrogens is 3. The number of halogens is 1. The molecule has 0 atom stereocenters. The zero-order chi connectivity index (χ0) is 13.1. The summed E-state index contributed by atoms with van der Waals surface area (Å²) in [6.45, 7) is 0. The lowest BCUT2D eigenvalue weighted by molar-refractivity contribution is 0.628. The third kappa shape index (κ3) is 2.53. The standard InChI is InChI=1S/C12H14FN5/c1-14-11-15-10(16-12(17-11)18(2)3)8-4-6-9(13)7-5-8/h4-7H,1-3H3,(H,14,15,16,17). The number of hydrogen-bond donors (Lipinski definition) is 1. The van der Waals surface area contributed by atoms with Crippen LogP contribution in [0.3, 0.4) is 0 Å². The molecule has 0 aliphatic rings. The summed E-state index contributed by atoms with van der Waals surface area (Å²) in [6, 6.07) is 6.05. The lowest BCUT2D eigenvalue weighted by Crippen LogP contribution is -2.15. The lowest BCUT2D eigenvalue weighted by Gasteiger charge is -2.12. The highest BCUT2D eigenvalue weighted by atomic mass is 19.1. The van der Waals surface area contributed by atoms with Gasteiger partial charge in [0.2, 0.25) is 11.9 Å². The molecule has 2 rings (SSSR count). The molecule has 0 unspecified atom stereocenters. The van der Waals surface area contributed by atoms with Gasteiger partial charge in [0, 0.05) is 26.7 Å². The Hall–Kier alpha value is -2.24. The number of anilines is 2. The molecule has 0 aliphatic heterocycles. The van der Waals surface area contributed by atoms with Crippen molar-refractivity contribution in [2.24, 2.45) is 0 Å². The molecule has 6 heteroatoms. The van der Waals surface area contributed by atoms with E-state index in [4.69, 9.17) is 0 Å². The fraction of sp³-hybridized carbons (Fsp3) is 0.250. The van der Waals surface area contributed by atoms with Gasteiger partial charge in [-0.25, -0.2) is 4.39 Å². The number of nitrogens with one attached hydrogen (secondary N) is 1. The Bertz CT molecular complexity index is 539. The molecular formula is C12H14FN5. The number of rotatable bonds is 3. The van der Waals surface area contributed by atoms with Crippen LogP contribution < -0.4 is 10.2 Å². The van der Waals surface area contributed by atoms with Crippen LogP contribution in [0.2, 0.25) is 0 Å². The van der Waals surface area contributed by atoms with Crippen LogP contribution in [0.1, 0.15) is 0 Å². The van der Waals surface area contributed by atoms with Crippen LogP contribution >= 0.6 is 0 Å². The Morgan fingerprint density at radius 2 is 1.72 bits per heavy atom. The molecule has 0 spiro atoms. The van der Waals surface area contributed by atoms with E-state index in [-0.39, 0.29) is 5.82 Å². The van der Waals surface area contributed by atoms with E-state index in [1.165, 1.54) is 12.1 Å². The lowest BCUT2D eigenvalue weighted by atomic mass is 10.2. The maximum absolute atomic E-state index is 12.9. The maximum Gasteiger partial charge on any atom is 0.230 e. The van der Waals surface area contributed by atoms with E-state index in [9.17, 15) is 4.39 Å². The van der Waals surface area contributed by atoms with Crippen molar-refractivity contribution in [2.45, 2.75) is 0 Å². The second-order valence-electron chi connectivity index (χ2n) is 3.93. The molecule has 0 saturated heterocycles. The second-order valence-corrected chi connectivity index (χ2v) is 3.93. The number of hydrogen-bond acceptors (Lipinski definition) is 5. The van der Waals surface area contributed by atoms with Gasteiger partial charge >= 0.3 is 0 Å². The van der Waals surface area contributed by atoms with E-state index in [0.29, 0.717) is 17.7 Å². The molecular weight excluding hydrogens is 233 g/mol. The van der Waals surface area contributed by atoms with Crippen molar-refractivity contribution in [3.05, 3.63) is 30.1 Å². The fourth-order valence-corrected chi connectivity index (χ4v) is 1.40. The quantitative estimate of drug-likeness (QED) is 0.896. The Balaban J connectivity index is 2.49. The van der Waals surface area contributed by atoms with Gasteiger partial charge in [0.25, 0.3) is 0 Å². The van der Waals surface area contributed by atoms with Gasteiger partial charge in [0.05, 0.1) is 0 Å². The van der Waals surface area contributed by atoms with Gasteiger partial charge in [0.15, 0.2) is 5.82 Å². The van der Waals surface area contributed by atoms with Crippen molar-refractivity contribution in [3.63, 3.8) is 0 Å². The highest BCUT2D eigenvalue weighted by Crippen LogP contribution is 2.18. The maximum atomic E-state index is 12.9. The molecule has 0 radical (unpaired) electrons. The monoisotopic (exact) mass is 247 g/mol. The van der Waals surface area contributed by atoms with Crippen molar-refractivity contribution in [1.82, 2.24) is 15.0 Å². The largest absolute Gasteiger partial charge is 0.357 e. The summed E-state index contributed by atoms with van der Waals surface area (Å²) in [7, 11) is 5.44. The molecule has 94 valence electrons. The average molecular weight is 247 g/mol. The summed E-state index contributed by atoms with van der Waals surface area (Å²) in [5, 5.41) is 2.88. The molecule has 0 fully saturated rings. The van der Waals surface area contributed by atoms with Crippen molar-refractivity contribution >= 4 is 11.9 Å². The molecule has 1 aromatic carbocycles. The van der Waals surface area contributed by atoms with E-state index >= 15 is 0 Å². The van der Waals surface area contributed by atoms with Crippen LogP contribution in [0.15, 0.2) is 24.3 Å². The van der Waals surface area contributed by atoms with Crippen LogP contribution in [0.25, 0.3) is 11.4 Å². The first-order valence-electron chi connectivity index (χ1n) is 5.47. The zero-order valence-corrected chi connectivity index (χ0v) is 10.5. The minimum absolute atomic E-state index is 0.283. The molecule has 0 amide bonds. The summed E-state index contributed by atoms with van der Waals surface area (Å²) >= 11 is 0. The van der Waals surface area contributed by atoms with Gasteiger partial charge in [-0.1, -0.05) is 0 Å². The Labute approximate surface area is 105 Å². The molecule has 1 aromatic heterocycles. The predicted octanol–water partition coefficient (Wildman–Crippen LogP) is 1.79. The van der Waals surface area contributed by atoms with Crippen LogP contribution in [-0.2, 0) is 0 Å². The molecule has 1 heterocycles. The zero-order valence-electron chi connectivity index (χ0n) is 10.5. The van der Waals surface area contributed by atoms with Crippen LogP contribution in [0.4, 0.5) is 16.3 Å². The number of nitrogens with zero attached hydrogens (tertiary/aromatic N) is 4. The van der Waals surface area contributed by atoms with Crippen molar-refractivity contribution in [3.8, 4) is 11.4 Å². The van der Waals surface area contributed by atoms with Gasteiger partial charge in [-0.15, -0.1) is 0 Å². The third-order valence-electron chi connectivity index (χ3n) is 2.35. The summed E-state index contributed by atoms with van der Waals surface area (Å²) in [5.74, 6) is 1.26. The predicted molar refractivity (Wildman–Crippen MR) is 69.1 cm³/mol. The van der Waals surface area contributed by atoms with Crippen molar-refractivity contribution in [1.29, 1.82) is 0 Å². The van der Waals surface area contributed by atoms with Crippen LogP contribution in [0, 0.1) is 5.82 Å². The first kappa shape index (κ1) is 12.2. The Morgan fingerprint density at radius 1 is 1.06 bits per heavy atom. The van der Waals surface area contributed by atoms with E-state index in [2.05, 4.69) is 20.3 Å². The normalized spacial score (nSPS) is 10.2. The summed E-state index contributed by atoms with van der Waals surface area (Å²) in [4.78, 5) is 14.6. The fourth-order valence-electron chi connectivity index (χ4n) is 1.40. The molecule has 0 saturated carbocycles. The van der Waals surface area contributed by atoms with E-state index < -0.39 is 0 Å². The molecule has 0 aliphatic carbocycles. The van der Waals surface area contributed by atoms with Gasteiger partial charge in [-0.05, 0) is 24.3 Å². The Kier molecular flexibility index (Phi) is 3.36. The van der Waals surface area contributed by atoms with Crippen LogP contribution in [0.5, 0.6) is 0 Å². The van der Waals surface area contributed by atoms with Crippen molar-refractivity contribution < 1.29 is 4.39 Å². The first-order valence-corrected chi connectivity index (χ1v) is 5.47. The average Bonchev–Trinajstić information content (AvgIpc) is 2.39. The second kappa shape index (κ2) is 4.95. The summed E-state index contributed by atoms with van der Waals surface area (Å²) < 4.78 is 12.9. The highest BCUT2D eigenvalue weighted by molar-refractivity contribution is 5.58. The molecule has 18 heavy (non-hydrogen) atoms.